The van der Waals surface area contributed by atoms with Gasteiger partial charge in [0.15, 0.2) is 5.75 Å². The number of nitrogens with zero attached hydrogens (tertiary/aromatic N) is 2. The van der Waals surface area contributed by atoms with Crippen LogP contribution in [0.4, 0.5) is 22.0 Å². The van der Waals surface area contributed by atoms with E-state index in [0.717, 1.165) is 0 Å². The fourth-order valence-electron chi connectivity index (χ4n) is 1.12. The van der Waals surface area contributed by atoms with Gasteiger partial charge in [-0.05, 0) is 28.7 Å². The molecule has 0 saturated carbocycles. The summed E-state index contributed by atoms with van der Waals surface area (Å²) in [4.78, 5) is 3.53. The molecule has 1 rings (SSSR count). The number of ether oxygens (including phenoxy) is 1. The fourth-order valence-corrected chi connectivity index (χ4v) is 1.68. The highest BCUT2D eigenvalue weighted by Gasteiger charge is 2.33. The van der Waals surface area contributed by atoms with Crippen molar-refractivity contribution in [1.82, 2.24) is 4.98 Å². The van der Waals surface area contributed by atoms with Crippen LogP contribution in [0.25, 0.3) is 0 Å². The molecule has 0 amide bonds. The van der Waals surface area contributed by atoms with Crippen LogP contribution in [-0.2, 0) is 6.42 Å². The van der Waals surface area contributed by atoms with Gasteiger partial charge in [-0.15, -0.1) is 13.2 Å². The van der Waals surface area contributed by atoms with Crippen LogP contribution >= 0.6 is 22.6 Å². The number of hydrogen-bond acceptors (Lipinski definition) is 3. The Morgan fingerprint density at radius 1 is 1.44 bits per heavy atom. The van der Waals surface area contributed by atoms with E-state index < -0.39 is 30.5 Å². The van der Waals surface area contributed by atoms with Crippen LogP contribution in [0.2, 0.25) is 0 Å². The molecule has 0 aliphatic carbocycles. The zero-order valence-electron chi connectivity index (χ0n) is 8.43. The summed E-state index contributed by atoms with van der Waals surface area (Å²) >= 11 is 1.42. The average Bonchev–Trinajstić information content (AvgIpc) is 2.20. The van der Waals surface area contributed by atoms with Crippen LogP contribution in [0.3, 0.4) is 0 Å². The molecule has 0 bridgehead atoms. The van der Waals surface area contributed by atoms with Gasteiger partial charge in [0, 0.05) is 5.56 Å². The van der Waals surface area contributed by atoms with E-state index in [-0.39, 0.29) is 9.39 Å². The number of pyridine rings is 1. The van der Waals surface area contributed by atoms with Gasteiger partial charge in [-0.3, -0.25) is 0 Å². The molecule has 0 N–H and O–H groups in total. The first-order valence-corrected chi connectivity index (χ1v) is 5.42. The molecule has 0 fully saturated rings. The van der Waals surface area contributed by atoms with Crippen LogP contribution in [0.1, 0.15) is 17.7 Å². The number of nitriles is 1. The van der Waals surface area contributed by atoms with Gasteiger partial charge in [0.2, 0.25) is 0 Å². The molecular formula is C9H4F5IN2O. The smallest absolute Gasteiger partial charge is 0.403 e. The fraction of sp³-hybridized carbons (Fsp3) is 0.333. The van der Waals surface area contributed by atoms with Crippen molar-refractivity contribution < 1.29 is 26.7 Å². The lowest BCUT2D eigenvalue weighted by atomic mass is 10.1. The summed E-state index contributed by atoms with van der Waals surface area (Å²) in [5, 5.41) is 8.42. The highest BCUT2D eigenvalue weighted by atomic mass is 127. The minimum atomic E-state index is -4.99. The van der Waals surface area contributed by atoms with Crippen molar-refractivity contribution in [3.63, 3.8) is 0 Å². The number of rotatable bonds is 3. The summed E-state index contributed by atoms with van der Waals surface area (Å²) in [7, 11) is 0. The molecule has 1 heterocycles. The Hall–Kier alpha value is -1.18. The van der Waals surface area contributed by atoms with Gasteiger partial charge >= 0.3 is 6.36 Å². The molecule has 9 heteroatoms. The topological polar surface area (TPSA) is 45.9 Å². The minimum Gasteiger partial charge on any atom is -0.403 e. The van der Waals surface area contributed by atoms with E-state index in [2.05, 4.69) is 9.72 Å². The summed E-state index contributed by atoms with van der Waals surface area (Å²) in [6.45, 7) is 0. The summed E-state index contributed by atoms with van der Waals surface area (Å²) in [5.41, 5.74) is -0.998. The zero-order valence-corrected chi connectivity index (χ0v) is 10.6. The van der Waals surface area contributed by atoms with Crippen molar-refractivity contribution in [3.05, 3.63) is 21.0 Å². The van der Waals surface area contributed by atoms with Crippen molar-refractivity contribution in [2.45, 2.75) is 19.2 Å². The first-order valence-electron chi connectivity index (χ1n) is 4.34. The minimum absolute atomic E-state index is 0.237. The predicted octanol–water partition coefficient (Wildman–Crippen LogP) is 3.59. The third kappa shape index (κ3) is 3.94. The van der Waals surface area contributed by atoms with Gasteiger partial charge in [0.1, 0.15) is 3.70 Å². The van der Waals surface area contributed by atoms with Crippen LogP contribution in [0, 0.1) is 15.0 Å². The van der Waals surface area contributed by atoms with Crippen molar-refractivity contribution in [1.29, 1.82) is 5.26 Å². The Labute approximate surface area is 112 Å². The SMILES string of the molecule is N#CCc1nc(I)c(OC(F)(F)F)cc1C(F)F. The van der Waals surface area contributed by atoms with E-state index >= 15 is 0 Å². The van der Waals surface area contributed by atoms with Gasteiger partial charge in [-0.2, -0.15) is 5.26 Å². The lowest BCUT2D eigenvalue weighted by molar-refractivity contribution is -0.275. The first kappa shape index (κ1) is 14.9. The second-order valence-corrected chi connectivity index (χ2v) is 4.02. The third-order valence-electron chi connectivity index (χ3n) is 1.76. The Kier molecular flexibility index (Phi) is 4.66. The summed E-state index contributed by atoms with van der Waals surface area (Å²) < 4.78 is 64.6. The van der Waals surface area contributed by atoms with Crippen molar-refractivity contribution in [3.8, 4) is 11.8 Å². The molecular weight excluding hydrogens is 374 g/mol. The molecule has 0 spiro atoms. The molecule has 98 valence electrons. The Bertz CT molecular complexity index is 483. The van der Waals surface area contributed by atoms with E-state index in [9.17, 15) is 22.0 Å². The molecule has 0 saturated heterocycles. The van der Waals surface area contributed by atoms with E-state index in [4.69, 9.17) is 5.26 Å². The van der Waals surface area contributed by atoms with Crippen LogP contribution in [-0.4, -0.2) is 11.3 Å². The van der Waals surface area contributed by atoms with Crippen molar-refractivity contribution in [2.75, 3.05) is 0 Å². The standard InChI is InChI=1S/C9H4F5IN2O/c10-7(11)4-3-6(18-9(12,13)14)8(15)17-5(4)1-2-16/h3,7H,1H2. The van der Waals surface area contributed by atoms with E-state index in [0.29, 0.717) is 6.07 Å². The number of alkyl halides is 5. The largest absolute Gasteiger partial charge is 0.573 e. The molecule has 0 atom stereocenters. The highest BCUT2D eigenvalue weighted by Crippen LogP contribution is 2.32. The molecule has 1 aromatic heterocycles. The van der Waals surface area contributed by atoms with Gasteiger partial charge in [0.25, 0.3) is 6.43 Å². The maximum atomic E-state index is 12.6. The van der Waals surface area contributed by atoms with Crippen LogP contribution < -0.4 is 4.74 Å². The summed E-state index contributed by atoms with van der Waals surface area (Å²) in [6, 6.07) is 2.17. The molecule has 18 heavy (non-hydrogen) atoms. The van der Waals surface area contributed by atoms with E-state index in [1.807, 2.05) is 0 Å². The summed E-state index contributed by atoms with van der Waals surface area (Å²) in [6.07, 6.45) is -8.44. The molecule has 0 unspecified atom stereocenters. The molecule has 0 radical (unpaired) electrons. The van der Waals surface area contributed by atoms with Gasteiger partial charge in [-0.1, -0.05) is 0 Å². The first-order chi connectivity index (χ1) is 8.24. The second-order valence-electron chi connectivity index (χ2n) is 3.00. The highest BCUT2D eigenvalue weighted by molar-refractivity contribution is 14.1. The van der Waals surface area contributed by atoms with Gasteiger partial charge < -0.3 is 4.74 Å². The van der Waals surface area contributed by atoms with Crippen molar-refractivity contribution >= 4 is 22.6 Å². The quantitative estimate of drug-likeness (QED) is 0.459. The monoisotopic (exact) mass is 378 g/mol. The third-order valence-corrected chi connectivity index (χ3v) is 2.54. The molecule has 1 aromatic rings. The number of hydrogen-bond donors (Lipinski definition) is 0. The zero-order chi connectivity index (χ0) is 13.9. The lowest BCUT2D eigenvalue weighted by Crippen LogP contribution is -2.18. The predicted molar refractivity (Wildman–Crippen MR) is 57.9 cm³/mol. The Morgan fingerprint density at radius 2 is 2.06 bits per heavy atom. The summed E-state index contributed by atoms with van der Waals surface area (Å²) in [5.74, 6) is -0.805. The maximum absolute atomic E-state index is 12.6. The Morgan fingerprint density at radius 3 is 2.50 bits per heavy atom. The van der Waals surface area contributed by atoms with Gasteiger partial charge in [-0.25, -0.2) is 13.8 Å². The van der Waals surface area contributed by atoms with Crippen LogP contribution in [0.15, 0.2) is 6.07 Å². The van der Waals surface area contributed by atoms with Gasteiger partial charge in [0.05, 0.1) is 18.2 Å². The molecule has 0 aromatic carbocycles. The Balaban J connectivity index is 3.24. The molecule has 0 aliphatic heterocycles. The number of aromatic nitrogens is 1. The lowest BCUT2D eigenvalue weighted by Gasteiger charge is -2.13. The van der Waals surface area contributed by atoms with E-state index in [1.54, 1.807) is 6.07 Å². The van der Waals surface area contributed by atoms with Crippen LogP contribution in [0.5, 0.6) is 5.75 Å². The van der Waals surface area contributed by atoms with Crippen molar-refractivity contribution in [2.24, 2.45) is 0 Å². The van der Waals surface area contributed by atoms with E-state index in [1.165, 1.54) is 22.6 Å². The number of halogens is 6. The second kappa shape index (κ2) is 5.64. The molecule has 0 aliphatic rings. The normalized spacial score (nSPS) is 11.4. The molecule has 3 nitrogen and oxygen atoms in total. The maximum Gasteiger partial charge on any atom is 0.573 e. The average molecular weight is 378 g/mol.